The van der Waals surface area contributed by atoms with Crippen LogP contribution in [0.25, 0.3) is 0 Å². The normalized spacial score (nSPS) is 13.1. The first-order chi connectivity index (χ1) is 17.3. The molecule has 0 bridgehead atoms. The number of nitrogens with one attached hydrogen (secondary N) is 1. The Bertz CT molecular complexity index is 994. The minimum Gasteiger partial charge on any atom is -0.492 e. The maximum absolute atomic E-state index is 12.8. The number of hydrogen-bond acceptors (Lipinski definition) is 6. The molecule has 0 aliphatic rings. The molecule has 2 unspecified atom stereocenters. The molecule has 0 fully saturated rings. The zero-order valence-corrected chi connectivity index (χ0v) is 20.9. The average Bonchev–Trinajstić information content (AvgIpc) is 2.82. The van der Waals surface area contributed by atoms with Crippen molar-refractivity contribution >= 4 is 11.9 Å². The van der Waals surface area contributed by atoms with Crippen LogP contribution in [0.1, 0.15) is 29.7 Å². The first-order valence-corrected chi connectivity index (χ1v) is 11.4. The molecule has 0 aliphatic heterocycles. The van der Waals surface area contributed by atoms with E-state index < -0.39 is 29.8 Å². The van der Waals surface area contributed by atoms with Crippen molar-refractivity contribution in [3.63, 3.8) is 0 Å². The van der Waals surface area contributed by atoms with Gasteiger partial charge in [0.2, 0.25) is 0 Å². The van der Waals surface area contributed by atoms with Gasteiger partial charge in [-0.05, 0) is 62.8 Å². The van der Waals surface area contributed by atoms with Gasteiger partial charge in [0.05, 0.1) is 11.7 Å². The maximum atomic E-state index is 12.8. The predicted molar refractivity (Wildman–Crippen MR) is 132 cm³/mol. The molecule has 8 nitrogen and oxygen atoms in total. The standard InChI is InChI=1S/C22H29F3N2O2.C4H4O4/c1-16(13-17-7-9-20(10-8-17)29-12-11-27(2)3)26-15-21(28)18-5-4-6-19(14-18)22(23,24)25;5-3(6)1-2-4(7)8/h4-10,14,16,21,26,28H,11-13,15H2,1-3H3;1-2H,(H,5,6)(H,7,8). The van der Waals surface area contributed by atoms with Crippen molar-refractivity contribution in [1.82, 2.24) is 10.2 Å². The van der Waals surface area contributed by atoms with Crippen LogP contribution in [0.2, 0.25) is 0 Å². The van der Waals surface area contributed by atoms with Gasteiger partial charge in [0, 0.05) is 31.3 Å². The second kappa shape index (κ2) is 15.6. The van der Waals surface area contributed by atoms with E-state index in [1.54, 1.807) is 0 Å². The number of ether oxygens (including phenoxy) is 1. The number of likely N-dealkylation sites (N-methyl/N-ethyl adjacent to an activating group) is 1. The number of nitrogens with zero attached hydrogens (tertiary/aromatic N) is 1. The lowest BCUT2D eigenvalue weighted by Gasteiger charge is -2.18. The first-order valence-electron chi connectivity index (χ1n) is 11.4. The summed E-state index contributed by atoms with van der Waals surface area (Å²) in [5, 5.41) is 29.0. The number of benzene rings is 2. The van der Waals surface area contributed by atoms with Crippen molar-refractivity contribution in [2.75, 3.05) is 33.8 Å². The van der Waals surface area contributed by atoms with Crippen LogP contribution in [-0.4, -0.2) is 72.0 Å². The smallest absolute Gasteiger partial charge is 0.416 e. The molecule has 0 aromatic heterocycles. The van der Waals surface area contributed by atoms with Crippen LogP contribution >= 0.6 is 0 Å². The van der Waals surface area contributed by atoms with E-state index in [1.165, 1.54) is 12.1 Å². The summed E-state index contributed by atoms with van der Waals surface area (Å²) in [7, 11) is 3.98. The van der Waals surface area contributed by atoms with Crippen LogP contribution in [0, 0.1) is 0 Å². The fourth-order valence-electron chi connectivity index (χ4n) is 2.99. The molecule has 0 spiro atoms. The Balaban J connectivity index is 0.000000738. The Morgan fingerprint density at radius 2 is 1.65 bits per heavy atom. The monoisotopic (exact) mass is 526 g/mol. The second-order valence-electron chi connectivity index (χ2n) is 8.46. The molecule has 2 rings (SSSR count). The number of carboxylic acid groups (broad SMARTS) is 2. The lowest BCUT2D eigenvalue weighted by atomic mass is 10.0. The van der Waals surface area contributed by atoms with E-state index in [-0.39, 0.29) is 18.2 Å². The number of carboxylic acids is 2. The molecule has 0 heterocycles. The summed E-state index contributed by atoms with van der Waals surface area (Å²) in [4.78, 5) is 21.2. The highest BCUT2D eigenvalue weighted by molar-refractivity contribution is 5.89. The molecule has 204 valence electrons. The summed E-state index contributed by atoms with van der Waals surface area (Å²) in [6.45, 7) is 3.61. The Morgan fingerprint density at radius 3 is 2.16 bits per heavy atom. The number of aliphatic hydroxyl groups is 1. The maximum Gasteiger partial charge on any atom is 0.416 e. The van der Waals surface area contributed by atoms with Gasteiger partial charge in [-0.25, -0.2) is 9.59 Å². The third-order valence-electron chi connectivity index (χ3n) is 4.90. The number of hydrogen-bond donors (Lipinski definition) is 4. The Morgan fingerprint density at radius 1 is 1.05 bits per heavy atom. The molecular formula is C26H33F3N2O6. The van der Waals surface area contributed by atoms with Crippen molar-refractivity contribution in [3.05, 3.63) is 77.4 Å². The van der Waals surface area contributed by atoms with Gasteiger partial charge in [-0.1, -0.05) is 24.3 Å². The van der Waals surface area contributed by atoms with Crippen LogP contribution < -0.4 is 10.1 Å². The van der Waals surface area contributed by atoms with E-state index in [0.29, 0.717) is 18.8 Å². The van der Waals surface area contributed by atoms with Gasteiger partial charge in [-0.15, -0.1) is 0 Å². The largest absolute Gasteiger partial charge is 0.492 e. The van der Waals surface area contributed by atoms with Gasteiger partial charge in [-0.3, -0.25) is 0 Å². The molecule has 0 saturated heterocycles. The minimum absolute atomic E-state index is 0.0518. The zero-order chi connectivity index (χ0) is 28.0. The van der Waals surface area contributed by atoms with Crippen molar-refractivity contribution in [2.24, 2.45) is 0 Å². The lowest BCUT2D eigenvalue weighted by Crippen LogP contribution is -2.32. The molecule has 2 atom stereocenters. The number of alkyl halides is 3. The quantitative estimate of drug-likeness (QED) is 0.310. The highest BCUT2D eigenvalue weighted by Gasteiger charge is 2.30. The number of carbonyl (C=O) groups is 2. The molecule has 0 radical (unpaired) electrons. The number of halogens is 3. The van der Waals surface area contributed by atoms with Gasteiger partial charge >= 0.3 is 18.1 Å². The summed E-state index contributed by atoms with van der Waals surface area (Å²) < 4.78 is 44.1. The van der Waals surface area contributed by atoms with Crippen LogP contribution in [0.5, 0.6) is 5.75 Å². The Hall–Kier alpha value is -3.41. The summed E-state index contributed by atoms with van der Waals surface area (Å²) >= 11 is 0. The number of rotatable bonds is 12. The fraction of sp³-hybridized carbons (Fsp3) is 0.385. The highest BCUT2D eigenvalue weighted by Crippen LogP contribution is 2.30. The van der Waals surface area contributed by atoms with Gasteiger partial charge in [0.15, 0.2) is 0 Å². The van der Waals surface area contributed by atoms with Crippen molar-refractivity contribution in [2.45, 2.75) is 31.7 Å². The van der Waals surface area contributed by atoms with Crippen LogP contribution in [0.4, 0.5) is 13.2 Å². The number of aliphatic hydroxyl groups excluding tert-OH is 1. The average molecular weight is 527 g/mol. The van der Waals surface area contributed by atoms with Crippen LogP contribution in [0.3, 0.4) is 0 Å². The number of aliphatic carboxylic acids is 2. The minimum atomic E-state index is -4.42. The molecule has 2 aromatic carbocycles. The summed E-state index contributed by atoms with van der Waals surface area (Å²) in [5.74, 6) is -1.70. The second-order valence-corrected chi connectivity index (χ2v) is 8.46. The van der Waals surface area contributed by atoms with Crippen molar-refractivity contribution < 1.29 is 42.8 Å². The molecule has 37 heavy (non-hydrogen) atoms. The van der Waals surface area contributed by atoms with E-state index >= 15 is 0 Å². The SMILES string of the molecule is CC(Cc1ccc(OCCN(C)C)cc1)NCC(O)c1cccc(C(F)(F)F)c1.O=C(O)C=CC(=O)O. The molecule has 11 heteroatoms. The topological polar surface area (TPSA) is 119 Å². The third kappa shape index (κ3) is 14.0. The van der Waals surface area contributed by atoms with E-state index in [2.05, 4.69) is 10.2 Å². The van der Waals surface area contributed by atoms with Gasteiger partial charge in [-0.2, -0.15) is 13.2 Å². The van der Waals surface area contributed by atoms with E-state index in [1.807, 2.05) is 45.3 Å². The first kappa shape index (κ1) is 31.6. The van der Waals surface area contributed by atoms with Gasteiger partial charge in [0.25, 0.3) is 0 Å². The third-order valence-corrected chi connectivity index (χ3v) is 4.90. The van der Waals surface area contributed by atoms with Crippen molar-refractivity contribution in [1.29, 1.82) is 0 Å². The van der Waals surface area contributed by atoms with Crippen LogP contribution in [0.15, 0.2) is 60.7 Å². The fourth-order valence-corrected chi connectivity index (χ4v) is 2.99. The molecule has 0 aliphatic carbocycles. The summed E-state index contributed by atoms with van der Waals surface area (Å²) in [6, 6.07) is 12.7. The predicted octanol–water partition coefficient (Wildman–Crippen LogP) is 3.61. The van der Waals surface area contributed by atoms with E-state index in [0.717, 1.165) is 36.4 Å². The Labute approximate surface area is 214 Å². The van der Waals surface area contributed by atoms with E-state index in [4.69, 9.17) is 14.9 Å². The van der Waals surface area contributed by atoms with Crippen LogP contribution in [-0.2, 0) is 22.2 Å². The molecular weight excluding hydrogens is 493 g/mol. The van der Waals surface area contributed by atoms with Gasteiger partial charge < -0.3 is 30.3 Å². The summed E-state index contributed by atoms with van der Waals surface area (Å²) in [6.07, 6.45) is -3.58. The molecule has 2 aromatic rings. The lowest BCUT2D eigenvalue weighted by molar-refractivity contribution is -0.137. The summed E-state index contributed by atoms with van der Waals surface area (Å²) in [5.41, 5.74) is 0.604. The Kier molecular flexibility index (Phi) is 13.4. The molecule has 4 N–H and O–H groups in total. The van der Waals surface area contributed by atoms with E-state index in [9.17, 15) is 27.9 Å². The van der Waals surface area contributed by atoms with Gasteiger partial charge in [0.1, 0.15) is 12.4 Å². The highest BCUT2D eigenvalue weighted by atomic mass is 19.4. The molecule has 0 amide bonds. The zero-order valence-electron chi connectivity index (χ0n) is 20.9. The van der Waals surface area contributed by atoms with Crippen molar-refractivity contribution in [3.8, 4) is 5.75 Å². The molecule has 0 saturated carbocycles.